The third kappa shape index (κ3) is 3.70. The molecule has 0 unspecified atom stereocenters. The van der Waals surface area contributed by atoms with Crippen molar-refractivity contribution in [2.75, 3.05) is 39.3 Å². The Morgan fingerprint density at radius 2 is 1.94 bits per heavy atom. The summed E-state index contributed by atoms with van der Waals surface area (Å²) in [6, 6.07) is 6.26. The molecule has 2 bridgehead atoms. The van der Waals surface area contributed by atoms with Gasteiger partial charge in [-0.15, -0.1) is 0 Å². The Kier molecular flexibility index (Phi) is 5.38. The molecule has 2 amide bonds. The third-order valence-electron chi connectivity index (χ3n) is 7.58. The summed E-state index contributed by atoms with van der Waals surface area (Å²) < 4.78 is 36.3. The van der Waals surface area contributed by atoms with Crippen LogP contribution >= 0.6 is 0 Å². The summed E-state index contributed by atoms with van der Waals surface area (Å²) in [7, 11) is -3.40. The van der Waals surface area contributed by atoms with E-state index >= 15 is 0 Å². The lowest BCUT2D eigenvalue weighted by atomic mass is 9.79. The van der Waals surface area contributed by atoms with Crippen LogP contribution in [0.2, 0.25) is 0 Å². The number of amides is 2. The number of nitrogens with zero attached hydrogens (tertiary/aromatic N) is 2. The van der Waals surface area contributed by atoms with Crippen LogP contribution in [0, 0.1) is 11.8 Å². The SMILES string of the molecule is CCCN1C[C@]2(NS1(=O)=O)[C@@H]1CC[C@H]2Cc2ccc(OCCN3CCNC3=O)cc2C1. The van der Waals surface area contributed by atoms with Crippen LogP contribution in [0.3, 0.4) is 0 Å². The van der Waals surface area contributed by atoms with E-state index in [1.165, 1.54) is 11.1 Å². The van der Waals surface area contributed by atoms with Crippen LogP contribution in [0.5, 0.6) is 5.75 Å². The van der Waals surface area contributed by atoms with Crippen molar-refractivity contribution < 1.29 is 17.9 Å². The molecule has 3 fully saturated rings. The average Bonchev–Trinajstić information content (AvgIpc) is 3.31. The van der Waals surface area contributed by atoms with Crippen molar-refractivity contribution in [3.8, 4) is 5.75 Å². The second-order valence-corrected chi connectivity index (χ2v) is 11.0. The summed E-state index contributed by atoms with van der Waals surface area (Å²) in [4.78, 5) is 13.4. The summed E-state index contributed by atoms with van der Waals surface area (Å²) in [6.07, 6.45) is 4.74. The Balaban J connectivity index is 1.31. The lowest BCUT2D eigenvalue weighted by Gasteiger charge is -2.33. The zero-order chi connectivity index (χ0) is 21.6. The molecule has 1 aromatic carbocycles. The highest BCUT2D eigenvalue weighted by Gasteiger charge is 2.59. The lowest BCUT2D eigenvalue weighted by molar-refractivity contribution is 0.202. The fraction of sp³-hybridized carbons (Fsp3) is 0.682. The minimum absolute atomic E-state index is 0.0250. The maximum atomic E-state index is 12.8. The number of ether oxygens (including phenoxy) is 1. The molecule has 0 aromatic heterocycles. The molecule has 5 rings (SSSR count). The zero-order valence-corrected chi connectivity index (χ0v) is 18.9. The van der Waals surface area contributed by atoms with Crippen molar-refractivity contribution >= 4 is 16.2 Å². The van der Waals surface area contributed by atoms with E-state index in [2.05, 4.69) is 22.2 Å². The van der Waals surface area contributed by atoms with Gasteiger partial charge in [-0.25, -0.2) is 4.79 Å². The highest BCUT2D eigenvalue weighted by molar-refractivity contribution is 7.87. The quantitative estimate of drug-likeness (QED) is 0.690. The molecule has 31 heavy (non-hydrogen) atoms. The zero-order valence-electron chi connectivity index (χ0n) is 18.1. The van der Waals surface area contributed by atoms with Gasteiger partial charge in [-0.2, -0.15) is 17.4 Å². The van der Waals surface area contributed by atoms with Gasteiger partial charge in [-0.05, 0) is 67.2 Å². The predicted octanol–water partition coefficient (Wildman–Crippen LogP) is 1.51. The first-order valence-corrected chi connectivity index (χ1v) is 12.9. The van der Waals surface area contributed by atoms with Crippen molar-refractivity contribution in [2.45, 2.75) is 44.6 Å². The van der Waals surface area contributed by atoms with E-state index in [1.54, 1.807) is 9.21 Å². The number of benzene rings is 1. The summed E-state index contributed by atoms with van der Waals surface area (Å²) in [5.41, 5.74) is 2.24. The van der Waals surface area contributed by atoms with Crippen molar-refractivity contribution in [3.05, 3.63) is 29.3 Å². The molecule has 1 saturated carbocycles. The minimum atomic E-state index is -3.40. The molecule has 1 spiro atoms. The van der Waals surface area contributed by atoms with Gasteiger partial charge in [0.25, 0.3) is 10.2 Å². The Bertz CT molecular complexity index is 968. The van der Waals surface area contributed by atoms with Crippen LogP contribution < -0.4 is 14.8 Å². The van der Waals surface area contributed by atoms with Crippen molar-refractivity contribution in [3.63, 3.8) is 0 Å². The monoisotopic (exact) mass is 448 g/mol. The second kappa shape index (κ2) is 7.94. The molecule has 2 heterocycles. The van der Waals surface area contributed by atoms with Crippen LogP contribution in [0.25, 0.3) is 0 Å². The topological polar surface area (TPSA) is 91.0 Å². The molecule has 2 saturated heterocycles. The van der Waals surface area contributed by atoms with Gasteiger partial charge in [0.2, 0.25) is 0 Å². The molecule has 0 radical (unpaired) electrons. The van der Waals surface area contributed by atoms with E-state index in [-0.39, 0.29) is 11.6 Å². The van der Waals surface area contributed by atoms with E-state index in [9.17, 15) is 13.2 Å². The van der Waals surface area contributed by atoms with Gasteiger partial charge >= 0.3 is 6.03 Å². The number of carbonyl (C=O) groups excluding carboxylic acids is 1. The van der Waals surface area contributed by atoms with Crippen LogP contribution in [-0.2, 0) is 23.1 Å². The first-order valence-electron chi connectivity index (χ1n) is 11.5. The van der Waals surface area contributed by atoms with Gasteiger partial charge < -0.3 is 15.0 Å². The number of fused-ring (bicyclic) bond motifs is 1. The Hall–Kier alpha value is -1.84. The molecule has 1 aromatic rings. The summed E-state index contributed by atoms with van der Waals surface area (Å²) in [5, 5.41) is 2.80. The molecule has 8 nitrogen and oxygen atoms in total. The number of nitrogens with one attached hydrogen (secondary N) is 2. The first-order chi connectivity index (χ1) is 14.9. The van der Waals surface area contributed by atoms with Gasteiger partial charge in [0.15, 0.2) is 0 Å². The fourth-order valence-electron chi connectivity index (χ4n) is 6.02. The van der Waals surface area contributed by atoms with E-state index in [0.717, 1.165) is 44.4 Å². The summed E-state index contributed by atoms with van der Waals surface area (Å²) >= 11 is 0. The number of carbonyl (C=O) groups is 1. The molecule has 4 aliphatic rings. The molecule has 9 heteroatoms. The maximum Gasteiger partial charge on any atom is 0.317 e. The molecular formula is C22H32N4O4S. The van der Waals surface area contributed by atoms with Crippen LogP contribution in [0.15, 0.2) is 18.2 Å². The Labute approximate surface area is 184 Å². The van der Waals surface area contributed by atoms with Crippen molar-refractivity contribution in [1.29, 1.82) is 0 Å². The second-order valence-electron chi connectivity index (χ2n) is 9.36. The molecule has 2 aliphatic carbocycles. The average molecular weight is 449 g/mol. The third-order valence-corrected chi connectivity index (χ3v) is 9.21. The standard InChI is InChI=1S/C22H32N4O4S/c1-2-8-26-15-22(24-31(26,28)29)18-4-5-19(22)13-17-14-20(6-3-16(17)12-18)30-11-10-25-9-7-23-21(25)27/h3,6,14,18-19,24H,2,4-5,7-13,15H2,1H3,(H,23,27)/t18-,19+,22+/m0/s1. The minimum Gasteiger partial charge on any atom is -0.492 e. The maximum absolute atomic E-state index is 12.8. The summed E-state index contributed by atoms with van der Waals surface area (Å²) in [6.45, 7) is 5.66. The predicted molar refractivity (Wildman–Crippen MR) is 117 cm³/mol. The van der Waals surface area contributed by atoms with E-state index < -0.39 is 10.2 Å². The highest BCUT2D eigenvalue weighted by atomic mass is 32.2. The van der Waals surface area contributed by atoms with Gasteiger partial charge in [0.1, 0.15) is 12.4 Å². The van der Waals surface area contributed by atoms with Crippen molar-refractivity contribution in [2.24, 2.45) is 11.8 Å². The van der Waals surface area contributed by atoms with Crippen LogP contribution in [-0.4, -0.2) is 68.5 Å². The van der Waals surface area contributed by atoms with E-state index in [1.807, 2.05) is 13.0 Å². The molecule has 3 atom stereocenters. The Morgan fingerprint density at radius 3 is 2.65 bits per heavy atom. The van der Waals surface area contributed by atoms with Gasteiger partial charge in [-0.1, -0.05) is 13.0 Å². The normalized spacial score (nSPS) is 31.6. The van der Waals surface area contributed by atoms with Gasteiger partial charge in [0, 0.05) is 26.2 Å². The number of hydrogen-bond donors (Lipinski definition) is 2. The molecule has 2 aliphatic heterocycles. The van der Waals surface area contributed by atoms with Crippen molar-refractivity contribution in [1.82, 2.24) is 19.2 Å². The summed E-state index contributed by atoms with van der Waals surface area (Å²) in [5.74, 6) is 1.46. The van der Waals surface area contributed by atoms with E-state index in [0.29, 0.717) is 44.6 Å². The Morgan fingerprint density at radius 1 is 1.16 bits per heavy atom. The molecular weight excluding hydrogens is 416 g/mol. The number of hydrogen-bond acceptors (Lipinski definition) is 4. The first kappa shape index (κ1) is 21.0. The molecule has 170 valence electrons. The van der Waals surface area contributed by atoms with Gasteiger partial charge in [-0.3, -0.25) is 0 Å². The highest BCUT2D eigenvalue weighted by Crippen LogP contribution is 2.50. The molecule has 2 N–H and O–H groups in total. The number of urea groups is 1. The van der Waals surface area contributed by atoms with Crippen LogP contribution in [0.1, 0.15) is 37.3 Å². The fourth-order valence-corrected chi connectivity index (χ4v) is 7.83. The largest absolute Gasteiger partial charge is 0.492 e. The number of rotatable bonds is 6. The lowest BCUT2D eigenvalue weighted by Crippen LogP contribution is -2.52. The van der Waals surface area contributed by atoms with E-state index in [4.69, 9.17) is 4.74 Å². The smallest absolute Gasteiger partial charge is 0.317 e. The van der Waals surface area contributed by atoms with Gasteiger partial charge in [0.05, 0.1) is 12.1 Å². The van der Waals surface area contributed by atoms with Crippen LogP contribution in [0.4, 0.5) is 4.79 Å².